The molecule has 0 amide bonds. The Morgan fingerprint density at radius 1 is 0.467 bits per heavy atom. The normalized spacial score (nSPS) is 15.2. The molecule has 0 bridgehead atoms. The molecule has 2 aliphatic heterocycles. The number of aryl methyl sites for hydroxylation is 2. The van der Waals surface area contributed by atoms with E-state index in [0.29, 0.717) is 0 Å². The lowest BCUT2D eigenvalue weighted by Gasteiger charge is -2.30. The van der Waals surface area contributed by atoms with Gasteiger partial charge in [-0.3, -0.25) is 0 Å². The smallest absolute Gasteiger partial charge is 0.213 e. The summed E-state index contributed by atoms with van der Waals surface area (Å²) in [4.78, 5) is 4.25. The first kappa shape index (κ1) is 41.1. The SMILES string of the molecule is CN1/C(=C/c2cc[n+](CCC[N+](C)(C)CCCCCC[N+](C)(C)CCC[n+]3ccc(/C=C4/Oc5ccccc5N4C)c4ccccc43)c3ccccc23)Oc2ccccc21. The van der Waals surface area contributed by atoms with Crippen LogP contribution in [0.25, 0.3) is 34.0 Å². The molecule has 0 aliphatic carbocycles. The van der Waals surface area contributed by atoms with Gasteiger partial charge in [0.05, 0.1) is 89.4 Å². The fourth-order valence-corrected chi connectivity index (χ4v) is 9.01. The molecule has 2 aliphatic rings. The topological polar surface area (TPSA) is 32.7 Å². The molecule has 8 rings (SSSR count). The van der Waals surface area contributed by atoms with Crippen LogP contribution >= 0.6 is 0 Å². The number of anilines is 2. The highest BCUT2D eigenvalue weighted by atomic mass is 16.5. The van der Waals surface area contributed by atoms with Gasteiger partial charge in [0.25, 0.3) is 0 Å². The minimum absolute atomic E-state index is 0.854. The van der Waals surface area contributed by atoms with Crippen LogP contribution in [0.15, 0.2) is 133 Å². The molecule has 2 aromatic heterocycles. The fraction of sp³-hybridized carbons (Fsp3) is 0.346. The minimum Gasteiger partial charge on any atom is -0.439 e. The number of quaternary nitrogens is 2. The van der Waals surface area contributed by atoms with Gasteiger partial charge < -0.3 is 28.2 Å². The number of aromatic nitrogens is 2. The summed E-state index contributed by atoms with van der Waals surface area (Å²) in [7, 11) is 13.8. The molecular formula is C52H64N6O2+4. The maximum atomic E-state index is 6.21. The van der Waals surface area contributed by atoms with Crippen LogP contribution in [0.4, 0.5) is 11.4 Å². The van der Waals surface area contributed by atoms with Crippen LogP contribution in [-0.4, -0.2) is 77.4 Å². The summed E-state index contributed by atoms with van der Waals surface area (Å²) in [5.41, 5.74) is 7.08. The quantitative estimate of drug-likeness (QED) is 0.0523. The van der Waals surface area contributed by atoms with E-state index < -0.39 is 0 Å². The van der Waals surface area contributed by atoms with Gasteiger partial charge in [0.2, 0.25) is 22.8 Å². The van der Waals surface area contributed by atoms with Crippen molar-refractivity contribution >= 4 is 45.3 Å². The number of ether oxygens (including phenoxy) is 2. The summed E-state index contributed by atoms with van der Waals surface area (Å²) in [6.07, 6.45) is 16.3. The molecular weight excluding hydrogens is 741 g/mol. The number of nitrogens with zero attached hydrogens (tertiary/aromatic N) is 6. The van der Waals surface area contributed by atoms with Crippen molar-refractivity contribution < 1.29 is 27.6 Å². The van der Waals surface area contributed by atoms with E-state index in [2.05, 4.69) is 171 Å². The molecule has 0 fully saturated rings. The van der Waals surface area contributed by atoms with Crippen LogP contribution in [0.5, 0.6) is 11.5 Å². The van der Waals surface area contributed by atoms with Crippen molar-refractivity contribution in [2.24, 2.45) is 0 Å². The molecule has 6 aromatic rings. The van der Waals surface area contributed by atoms with Crippen molar-refractivity contribution in [3.8, 4) is 11.5 Å². The Hall–Kier alpha value is -5.70. The summed E-state index contributed by atoms with van der Waals surface area (Å²) < 4.78 is 19.4. The van der Waals surface area contributed by atoms with E-state index in [1.807, 2.05) is 24.3 Å². The number of rotatable bonds is 17. The van der Waals surface area contributed by atoms with Crippen LogP contribution in [0.3, 0.4) is 0 Å². The first-order chi connectivity index (χ1) is 29.1. The standard InChI is InChI=1S/C52H64N6O2/c1-53-47-25-13-15-27-49(47)59-51(53)39-41-29-33-55(45-23-11-9-21-43(41)45)31-19-37-57(3,4)35-17-7-8-18-36-58(5,6)38-20-32-56-34-30-42(44-22-10-12-24-46(44)56)40-52-54(2)48-26-14-16-28-50(48)60-52/h9-16,21-30,33-34,39-40H,7-8,17-20,31-32,35-38H2,1-6H3/q+4. The molecule has 0 unspecified atom stereocenters. The van der Waals surface area contributed by atoms with Crippen LogP contribution in [0, 0.1) is 0 Å². The largest absolute Gasteiger partial charge is 0.439 e. The second kappa shape index (κ2) is 17.9. The monoisotopic (exact) mass is 805 g/mol. The van der Waals surface area contributed by atoms with E-state index in [9.17, 15) is 0 Å². The second-order valence-corrected chi connectivity index (χ2v) is 18.1. The number of unbranched alkanes of at least 4 members (excludes halogenated alkanes) is 3. The van der Waals surface area contributed by atoms with Gasteiger partial charge in [0.1, 0.15) is 0 Å². The zero-order chi connectivity index (χ0) is 41.7. The number of benzene rings is 4. The van der Waals surface area contributed by atoms with Gasteiger partial charge in [-0.15, -0.1) is 0 Å². The highest BCUT2D eigenvalue weighted by Crippen LogP contribution is 2.39. The van der Waals surface area contributed by atoms with Crippen LogP contribution in [-0.2, 0) is 13.1 Å². The molecule has 0 radical (unpaired) electrons. The lowest BCUT2D eigenvalue weighted by Crippen LogP contribution is -2.44. The van der Waals surface area contributed by atoms with Gasteiger partial charge in [-0.2, -0.15) is 9.13 Å². The Morgan fingerprint density at radius 2 is 0.850 bits per heavy atom. The van der Waals surface area contributed by atoms with E-state index in [1.54, 1.807) is 0 Å². The molecule has 0 atom stereocenters. The second-order valence-electron chi connectivity index (χ2n) is 18.1. The zero-order valence-electron chi connectivity index (χ0n) is 36.7. The van der Waals surface area contributed by atoms with Crippen LogP contribution in [0.2, 0.25) is 0 Å². The first-order valence-corrected chi connectivity index (χ1v) is 22.0. The van der Waals surface area contributed by atoms with Crippen molar-refractivity contribution in [1.29, 1.82) is 0 Å². The van der Waals surface area contributed by atoms with Gasteiger partial charge in [-0.25, -0.2) is 0 Å². The fourth-order valence-electron chi connectivity index (χ4n) is 9.01. The predicted octanol–water partition coefficient (Wildman–Crippen LogP) is 9.42. The van der Waals surface area contributed by atoms with Crippen LogP contribution < -0.4 is 28.4 Å². The highest BCUT2D eigenvalue weighted by molar-refractivity contribution is 5.88. The van der Waals surface area contributed by atoms with Gasteiger partial charge in [0, 0.05) is 50.5 Å². The molecule has 0 N–H and O–H groups in total. The van der Waals surface area contributed by atoms with Gasteiger partial charge >= 0.3 is 0 Å². The van der Waals surface area contributed by atoms with Gasteiger partial charge in [-0.05, 0) is 73.2 Å². The first-order valence-electron chi connectivity index (χ1n) is 22.0. The van der Waals surface area contributed by atoms with Crippen molar-refractivity contribution in [2.75, 3.05) is 78.3 Å². The Bertz CT molecular complexity index is 2350. The van der Waals surface area contributed by atoms with Crippen molar-refractivity contribution in [2.45, 2.75) is 51.6 Å². The minimum atomic E-state index is 0.854. The third-order valence-electron chi connectivity index (χ3n) is 12.6. The third-order valence-corrected chi connectivity index (χ3v) is 12.6. The summed E-state index contributed by atoms with van der Waals surface area (Å²) in [5, 5.41) is 2.50. The number of pyridine rings is 2. The Labute approximate surface area is 357 Å². The molecule has 0 saturated carbocycles. The highest BCUT2D eigenvalue weighted by Gasteiger charge is 2.25. The number of para-hydroxylation sites is 6. The molecule has 8 heteroatoms. The third kappa shape index (κ3) is 9.35. The van der Waals surface area contributed by atoms with E-state index in [-0.39, 0.29) is 0 Å². The molecule has 60 heavy (non-hydrogen) atoms. The summed E-state index contributed by atoms with van der Waals surface area (Å²) in [6, 6.07) is 38.4. The van der Waals surface area contributed by atoms with Crippen molar-refractivity contribution in [1.82, 2.24) is 0 Å². The molecule has 8 nitrogen and oxygen atoms in total. The lowest BCUT2D eigenvalue weighted by molar-refractivity contribution is -0.893. The Balaban J connectivity index is 0.758. The molecule has 4 aromatic carbocycles. The van der Waals surface area contributed by atoms with E-state index in [4.69, 9.17) is 9.47 Å². The summed E-state index contributed by atoms with van der Waals surface area (Å²) in [6.45, 7) is 6.81. The maximum absolute atomic E-state index is 6.21. The molecule has 310 valence electrons. The van der Waals surface area contributed by atoms with E-state index >= 15 is 0 Å². The maximum Gasteiger partial charge on any atom is 0.213 e. The average molecular weight is 805 g/mol. The molecule has 0 saturated heterocycles. The van der Waals surface area contributed by atoms with Gasteiger partial charge in [0.15, 0.2) is 37.0 Å². The van der Waals surface area contributed by atoms with E-state index in [0.717, 1.165) is 69.5 Å². The summed E-state index contributed by atoms with van der Waals surface area (Å²) in [5.74, 6) is 3.52. The molecule has 4 heterocycles. The summed E-state index contributed by atoms with van der Waals surface area (Å²) >= 11 is 0. The van der Waals surface area contributed by atoms with Crippen molar-refractivity contribution in [3.63, 3.8) is 0 Å². The average Bonchev–Trinajstić information content (AvgIpc) is 3.74. The lowest BCUT2D eigenvalue weighted by atomic mass is 10.1. The number of hydrogen-bond donors (Lipinski definition) is 0. The van der Waals surface area contributed by atoms with Crippen molar-refractivity contribution in [3.05, 3.63) is 144 Å². The Kier molecular flexibility index (Phi) is 12.2. The van der Waals surface area contributed by atoms with Gasteiger partial charge in [-0.1, -0.05) is 48.5 Å². The zero-order valence-corrected chi connectivity index (χ0v) is 36.7. The van der Waals surface area contributed by atoms with E-state index in [1.165, 1.54) is 84.8 Å². The van der Waals surface area contributed by atoms with Crippen LogP contribution in [0.1, 0.15) is 49.7 Å². The number of hydrogen-bond acceptors (Lipinski definition) is 4. The number of fused-ring (bicyclic) bond motifs is 4. The molecule has 0 spiro atoms. The Morgan fingerprint density at radius 3 is 1.28 bits per heavy atom. The predicted molar refractivity (Wildman–Crippen MR) is 247 cm³/mol.